The highest BCUT2D eigenvalue weighted by Gasteiger charge is 2.47. The highest BCUT2D eigenvalue weighted by atomic mass is 31.3. The molecule has 2 heterocycles. The van der Waals surface area contributed by atoms with Gasteiger partial charge < -0.3 is 39.5 Å². The summed E-state index contributed by atoms with van der Waals surface area (Å²) in [4.78, 5) is 62.0. The van der Waals surface area contributed by atoms with Crippen LogP contribution >= 0.6 is 23.5 Å². The predicted molar refractivity (Wildman–Crippen MR) is 87.1 cm³/mol. The van der Waals surface area contributed by atoms with Crippen molar-refractivity contribution in [3.63, 3.8) is 0 Å². The fourth-order valence-corrected chi connectivity index (χ4v) is 5.28. The van der Waals surface area contributed by atoms with E-state index < -0.39 is 65.7 Å². The Labute approximate surface area is 159 Å². The van der Waals surface area contributed by atoms with E-state index in [0.717, 1.165) is 6.20 Å². The summed E-state index contributed by atoms with van der Waals surface area (Å²) in [5.74, 6) is 0. The summed E-state index contributed by atoms with van der Waals surface area (Å²) in [6.45, 7) is -1.04. The molecule has 0 aliphatic carbocycles. The van der Waals surface area contributed by atoms with E-state index in [1.54, 1.807) is 0 Å². The Morgan fingerprint density at radius 2 is 1.62 bits per heavy atom. The third-order valence-electron chi connectivity index (χ3n) is 3.33. The number of nitrogens with one attached hydrogen (secondary N) is 2. The Bertz CT molecular complexity index is 997. The Hall–Kier alpha value is -1.03. The molecule has 0 radical (unpaired) electrons. The molecule has 1 aromatic heterocycles. The molecule has 166 valence electrons. The molecule has 0 saturated carbocycles. The first-order chi connectivity index (χ1) is 13.1. The topological polar surface area (TPSA) is 275 Å². The van der Waals surface area contributed by atoms with Crippen LogP contribution in [0.3, 0.4) is 0 Å². The average molecular weight is 484 g/mol. The first kappa shape index (κ1) is 24.2. The van der Waals surface area contributed by atoms with Gasteiger partial charge in [-0.05, 0) is 0 Å². The van der Waals surface area contributed by atoms with E-state index in [2.05, 4.69) is 18.1 Å². The smallest absolute Gasteiger partial charge is 0.387 e. The van der Waals surface area contributed by atoms with Gasteiger partial charge in [-0.3, -0.25) is 14.3 Å². The van der Waals surface area contributed by atoms with Crippen molar-refractivity contribution in [1.82, 2.24) is 9.97 Å². The fraction of sp³-hybridized carbons (Fsp3) is 0.556. The second-order valence-corrected chi connectivity index (χ2v) is 9.91. The molecule has 17 nitrogen and oxygen atoms in total. The lowest BCUT2D eigenvalue weighted by molar-refractivity contribution is -0.0227. The van der Waals surface area contributed by atoms with Crippen LogP contribution < -0.4 is 11.2 Å². The maximum Gasteiger partial charge on any atom is 0.490 e. The summed E-state index contributed by atoms with van der Waals surface area (Å²) in [5, 5.41) is 19.9. The first-order valence-corrected chi connectivity index (χ1v) is 11.7. The van der Waals surface area contributed by atoms with Gasteiger partial charge >= 0.3 is 29.2 Å². The van der Waals surface area contributed by atoms with Crippen LogP contribution in [0.1, 0.15) is 11.7 Å². The van der Waals surface area contributed by atoms with Gasteiger partial charge in [0.1, 0.15) is 24.4 Å². The van der Waals surface area contributed by atoms with Crippen LogP contribution in [0.15, 0.2) is 15.8 Å². The lowest BCUT2D eigenvalue weighted by atomic mass is 10.0. The monoisotopic (exact) mass is 484 g/mol. The van der Waals surface area contributed by atoms with Crippen molar-refractivity contribution in [3.8, 4) is 0 Å². The third-order valence-corrected chi connectivity index (χ3v) is 7.14. The van der Waals surface area contributed by atoms with E-state index in [4.69, 9.17) is 19.4 Å². The minimum absolute atomic E-state index is 0.294. The quantitative estimate of drug-likeness (QED) is 0.178. The summed E-state index contributed by atoms with van der Waals surface area (Å²) >= 11 is 0. The van der Waals surface area contributed by atoms with Crippen molar-refractivity contribution >= 4 is 23.5 Å². The number of hydrogen-bond donors (Lipinski definition) is 8. The second kappa shape index (κ2) is 8.61. The van der Waals surface area contributed by atoms with Gasteiger partial charge in [-0.2, -0.15) is 8.62 Å². The van der Waals surface area contributed by atoms with Crippen molar-refractivity contribution in [1.29, 1.82) is 0 Å². The molecule has 0 amide bonds. The van der Waals surface area contributed by atoms with Crippen LogP contribution in [0.25, 0.3) is 0 Å². The molecule has 1 aliphatic rings. The van der Waals surface area contributed by atoms with E-state index in [1.165, 1.54) is 0 Å². The minimum atomic E-state index is -5.73. The Morgan fingerprint density at radius 3 is 2.17 bits per heavy atom. The van der Waals surface area contributed by atoms with Crippen molar-refractivity contribution in [2.75, 3.05) is 6.61 Å². The van der Waals surface area contributed by atoms with E-state index in [9.17, 15) is 38.4 Å². The molecule has 2 rings (SSSR count). The number of phosphoric ester groups is 1. The molecule has 1 aromatic rings. The van der Waals surface area contributed by atoms with E-state index in [-0.39, 0.29) is 5.56 Å². The zero-order chi connectivity index (χ0) is 22.2. The summed E-state index contributed by atoms with van der Waals surface area (Å²) in [6.07, 6.45) is -5.66. The molecule has 20 heteroatoms. The van der Waals surface area contributed by atoms with Crippen LogP contribution in [-0.2, 0) is 31.6 Å². The lowest BCUT2D eigenvalue weighted by Crippen LogP contribution is -2.34. The van der Waals surface area contributed by atoms with Gasteiger partial charge in [0.2, 0.25) is 0 Å². The number of hydrogen-bond acceptors (Lipinski definition) is 11. The number of aromatic nitrogens is 2. The molecule has 6 atom stereocenters. The first-order valence-electron chi connectivity index (χ1n) is 7.22. The van der Waals surface area contributed by atoms with E-state index >= 15 is 0 Å². The van der Waals surface area contributed by atoms with Gasteiger partial charge in [0.15, 0.2) is 0 Å². The molecule has 0 spiro atoms. The minimum Gasteiger partial charge on any atom is -0.387 e. The van der Waals surface area contributed by atoms with Gasteiger partial charge in [0.05, 0.1) is 12.2 Å². The number of aliphatic hydroxyl groups excluding tert-OH is 2. The predicted octanol–water partition coefficient (Wildman–Crippen LogP) is -2.43. The molecule has 1 aliphatic heterocycles. The Balaban J connectivity index is 2.06. The summed E-state index contributed by atoms with van der Waals surface area (Å²) in [6, 6.07) is 0. The highest BCUT2D eigenvalue weighted by molar-refractivity contribution is 7.66. The Morgan fingerprint density at radius 1 is 1.00 bits per heavy atom. The SMILES string of the molecule is O=c1[nH]cc(C2O[C@H](COP(=O)(O)OP(=O)(O)OP(=O)(O)O)C(O)C2O)c(=O)[nH]1. The molecule has 29 heavy (non-hydrogen) atoms. The van der Waals surface area contributed by atoms with Crippen LogP contribution in [-0.4, -0.2) is 64.7 Å². The summed E-state index contributed by atoms with van der Waals surface area (Å²) in [7, 11) is -16.8. The number of rotatable bonds is 8. The van der Waals surface area contributed by atoms with Crippen molar-refractivity contribution in [2.24, 2.45) is 0 Å². The molecule has 0 aromatic carbocycles. The normalized spacial score (nSPS) is 29.3. The van der Waals surface area contributed by atoms with E-state index in [1.807, 2.05) is 4.98 Å². The maximum atomic E-state index is 11.8. The standard InChI is InChI=1S/C9H15N2O15P3/c12-5-4(2-23-28(19,20)26-29(21,22)25-27(16,17)18)24-7(6(5)13)3-1-10-9(15)11-8(3)14/h1,4-7,12-13H,2H2,(H,19,20)(H,21,22)(H2,16,17,18)(H2,10,11,14,15)/t4-,5?,6?,7?/m1/s1. The third kappa shape index (κ3) is 6.73. The van der Waals surface area contributed by atoms with Gasteiger partial charge in [-0.25, -0.2) is 18.5 Å². The molecule has 5 unspecified atom stereocenters. The largest absolute Gasteiger partial charge is 0.490 e. The number of ether oxygens (including phenoxy) is 1. The molecule has 1 fully saturated rings. The average Bonchev–Trinajstić information content (AvgIpc) is 2.78. The van der Waals surface area contributed by atoms with Crippen molar-refractivity contribution in [2.45, 2.75) is 24.4 Å². The Kier molecular flexibility index (Phi) is 7.20. The summed E-state index contributed by atoms with van der Waals surface area (Å²) < 4.78 is 49.9. The van der Waals surface area contributed by atoms with Crippen LogP contribution in [0, 0.1) is 0 Å². The van der Waals surface area contributed by atoms with Gasteiger partial charge in [-0.1, -0.05) is 0 Å². The number of phosphoric acid groups is 3. The van der Waals surface area contributed by atoms with E-state index in [0.29, 0.717) is 0 Å². The lowest BCUT2D eigenvalue weighted by Gasteiger charge is -2.19. The second-order valence-electron chi connectivity index (χ2n) is 5.49. The van der Waals surface area contributed by atoms with Crippen LogP contribution in [0.5, 0.6) is 0 Å². The molecular formula is C9H15N2O15P3. The number of aromatic amines is 2. The van der Waals surface area contributed by atoms with Gasteiger partial charge in [-0.15, -0.1) is 0 Å². The number of aliphatic hydroxyl groups is 2. The molecule has 8 N–H and O–H groups in total. The van der Waals surface area contributed by atoms with Crippen molar-refractivity contribution < 1.29 is 61.4 Å². The van der Waals surface area contributed by atoms with Gasteiger partial charge in [0.25, 0.3) is 5.56 Å². The van der Waals surface area contributed by atoms with Gasteiger partial charge in [0, 0.05) is 6.20 Å². The maximum absolute atomic E-state index is 11.8. The van der Waals surface area contributed by atoms with Crippen LogP contribution in [0.2, 0.25) is 0 Å². The molecular weight excluding hydrogens is 469 g/mol. The molecule has 0 bridgehead atoms. The molecule has 1 saturated heterocycles. The highest BCUT2D eigenvalue weighted by Crippen LogP contribution is 2.66. The van der Waals surface area contributed by atoms with Crippen LogP contribution in [0.4, 0.5) is 0 Å². The fourth-order valence-electron chi connectivity index (χ4n) is 2.25. The zero-order valence-electron chi connectivity index (χ0n) is 13.8. The number of H-pyrrole nitrogens is 2. The van der Waals surface area contributed by atoms with Crippen molar-refractivity contribution in [3.05, 3.63) is 32.6 Å². The summed E-state index contributed by atoms with van der Waals surface area (Å²) in [5.41, 5.74) is -2.09. The zero-order valence-corrected chi connectivity index (χ0v) is 16.5.